The van der Waals surface area contributed by atoms with Crippen LogP contribution in [0.4, 0.5) is 0 Å². The molecule has 0 aromatic carbocycles. The van der Waals surface area contributed by atoms with Gasteiger partial charge in [0.25, 0.3) is 0 Å². The Morgan fingerprint density at radius 3 is 1.51 bits per heavy atom. The van der Waals surface area contributed by atoms with E-state index in [-0.39, 0.29) is 32.6 Å². The summed E-state index contributed by atoms with van der Waals surface area (Å²) in [6.07, 6.45) is 45.6. The van der Waals surface area contributed by atoms with Gasteiger partial charge in [0.05, 0.1) is 13.2 Å². The molecule has 0 saturated heterocycles. The molecule has 306 valence electrons. The van der Waals surface area contributed by atoms with Crippen molar-refractivity contribution < 1.29 is 37.6 Å². The van der Waals surface area contributed by atoms with Crippen LogP contribution in [0, 0.1) is 0 Å². The van der Waals surface area contributed by atoms with E-state index < -0.39 is 32.5 Å². The van der Waals surface area contributed by atoms with Crippen LogP contribution in [0.3, 0.4) is 0 Å². The van der Waals surface area contributed by atoms with Crippen LogP contribution in [0.15, 0.2) is 60.8 Å². The number of phosphoric acid groups is 1. The van der Waals surface area contributed by atoms with Gasteiger partial charge in [-0.1, -0.05) is 158 Å². The predicted molar refractivity (Wildman–Crippen MR) is 219 cm³/mol. The van der Waals surface area contributed by atoms with E-state index in [1.165, 1.54) is 89.9 Å². The van der Waals surface area contributed by atoms with E-state index in [0.29, 0.717) is 12.8 Å². The first-order valence-electron chi connectivity index (χ1n) is 20.8. The fraction of sp³-hybridized carbons (Fsp3) is 0.721. The van der Waals surface area contributed by atoms with Crippen LogP contribution in [0.5, 0.6) is 0 Å². The Morgan fingerprint density at radius 1 is 0.566 bits per heavy atom. The fourth-order valence-electron chi connectivity index (χ4n) is 5.30. The van der Waals surface area contributed by atoms with Crippen LogP contribution in [-0.2, 0) is 32.7 Å². The molecule has 53 heavy (non-hydrogen) atoms. The molecule has 0 spiro atoms. The first kappa shape index (κ1) is 50.7. The molecule has 0 saturated carbocycles. The highest BCUT2D eigenvalue weighted by molar-refractivity contribution is 7.47. The Morgan fingerprint density at radius 2 is 0.981 bits per heavy atom. The van der Waals surface area contributed by atoms with Gasteiger partial charge >= 0.3 is 19.8 Å². The van der Waals surface area contributed by atoms with Gasteiger partial charge in [-0.05, 0) is 57.8 Å². The van der Waals surface area contributed by atoms with Gasteiger partial charge in [0.1, 0.15) is 6.61 Å². The maximum atomic E-state index is 12.5. The normalized spacial score (nSPS) is 14.0. The summed E-state index contributed by atoms with van der Waals surface area (Å²) in [5, 5.41) is 0. The SMILES string of the molecule is CCCCCC/C=C\C/C=C\C/C=C\C/C=C\CCC(=O)OC(COC(=O)CC/C=C\CCCCCCCCCCCCC)COP(=O)(O)OCCN. The lowest BCUT2D eigenvalue weighted by Crippen LogP contribution is -2.29. The molecule has 0 aliphatic rings. The molecule has 0 aromatic heterocycles. The van der Waals surface area contributed by atoms with Crippen LogP contribution in [0.25, 0.3) is 0 Å². The van der Waals surface area contributed by atoms with Crippen molar-refractivity contribution in [3.05, 3.63) is 60.8 Å². The highest BCUT2D eigenvalue weighted by Gasteiger charge is 2.25. The molecule has 2 atom stereocenters. The van der Waals surface area contributed by atoms with Crippen molar-refractivity contribution >= 4 is 19.8 Å². The molecule has 0 amide bonds. The lowest BCUT2D eigenvalue weighted by molar-refractivity contribution is -0.161. The number of carbonyl (C=O) groups is 2. The maximum Gasteiger partial charge on any atom is 0.472 e. The van der Waals surface area contributed by atoms with E-state index in [1.54, 1.807) is 0 Å². The predicted octanol–water partition coefficient (Wildman–Crippen LogP) is 11.7. The summed E-state index contributed by atoms with van der Waals surface area (Å²) in [6, 6.07) is 0. The molecular weight excluding hydrogens is 689 g/mol. The third-order valence-corrected chi connectivity index (χ3v) is 9.39. The molecule has 10 heteroatoms. The summed E-state index contributed by atoms with van der Waals surface area (Å²) in [7, 11) is -4.40. The molecule has 0 fully saturated rings. The van der Waals surface area contributed by atoms with Gasteiger partial charge in [-0.25, -0.2) is 4.57 Å². The van der Waals surface area contributed by atoms with Gasteiger partial charge in [0.15, 0.2) is 6.10 Å². The summed E-state index contributed by atoms with van der Waals surface area (Å²) in [6.45, 7) is 3.58. The van der Waals surface area contributed by atoms with Crippen LogP contribution in [0.2, 0.25) is 0 Å². The van der Waals surface area contributed by atoms with Gasteiger partial charge in [-0.15, -0.1) is 0 Å². The molecule has 3 N–H and O–H groups in total. The zero-order valence-corrected chi connectivity index (χ0v) is 34.4. The Hall–Kier alpha value is -2.29. The number of carbonyl (C=O) groups excluding carboxylic acids is 2. The van der Waals surface area contributed by atoms with E-state index in [9.17, 15) is 19.0 Å². The van der Waals surface area contributed by atoms with Gasteiger partial charge in [0.2, 0.25) is 0 Å². The van der Waals surface area contributed by atoms with E-state index in [1.807, 2.05) is 18.2 Å². The quantitative estimate of drug-likeness (QED) is 0.0272. The van der Waals surface area contributed by atoms with Crippen molar-refractivity contribution in [3.63, 3.8) is 0 Å². The van der Waals surface area contributed by atoms with E-state index in [0.717, 1.165) is 38.5 Å². The molecule has 0 aliphatic heterocycles. The third kappa shape index (κ3) is 39.2. The second-order valence-corrected chi connectivity index (χ2v) is 14.9. The minimum Gasteiger partial charge on any atom is -0.462 e. The summed E-state index contributed by atoms with van der Waals surface area (Å²) in [5.41, 5.74) is 5.33. The Kier molecular flexibility index (Phi) is 37.7. The van der Waals surface area contributed by atoms with Gasteiger partial charge in [-0.2, -0.15) is 0 Å². The number of phosphoric ester groups is 1. The van der Waals surface area contributed by atoms with Crippen LogP contribution >= 0.6 is 7.82 Å². The highest BCUT2D eigenvalue weighted by atomic mass is 31.2. The second-order valence-electron chi connectivity index (χ2n) is 13.5. The Labute approximate surface area is 323 Å². The number of nitrogens with two attached hydrogens (primary N) is 1. The lowest BCUT2D eigenvalue weighted by atomic mass is 10.1. The number of unbranched alkanes of at least 4 members (excludes halogenated alkanes) is 15. The van der Waals surface area contributed by atoms with Crippen molar-refractivity contribution in [2.75, 3.05) is 26.4 Å². The van der Waals surface area contributed by atoms with Gasteiger partial charge < -0.3 is 20.1 Å². The second kappa shape index (κ2) is 39.4. The molecule has 0 aliphatic carbocycles. The standard InChI is InChI=1S/C43H76NO8P/c1-3-5-7-9-11-13-15-17-19-20-22-24-26-28-30-32-34-36-43(46)52-41(40-51-53(47,48)50-38-37-44)39-49-42(45)35-33-31-29-27-25-23-21-18-16-14-12-10-8-6-4-2/h13,15,19-20,24,26,29-32,41H,3-12,14,16-18,21-23,25,27-28,33-40,44H2,1-2H3,(H,47,48)/b15-13-,20-19-,26-24-,31-29-,32-30-. The van der Waals surface area contributed by atoms with Crippen LogP contribution in [0.1, 0.15) is 168 Å². The van der Waals surface area contributed by atoms with Gasteiger partial charge in [0, 0.05) is 19.4 Å². The number of ether oxygens (including phenoxy) is 2. The topological polar surface area (TPSA) is 134 Å². The molecule has 2 unspecified atom stereocenters. The third-order valence-electron chi connectivity index (χ3n) is 8.40. The van der Waals surface area contributed by atoms with E-state index in [2.05, 4.69) is 56.4 Å². The van der Waals surface area contributed by atoms with Crippen LogP contribution < -0.4 is 5.73 Å². The average Bonchev–Trinajstić information content (AvgIpc) is 3.14. The maximum absolute atomic E-state index is 12.5. The fourth-order valence-corrected chi connectivity index (χ4v) is 6.07. The van der Waals surface area contributed by atoms with Crippen molar-refractivity contribution in [2.24, 2.45) is 5.73 Å². The van der Waals surface area contributed by atoms with Crippen molar-refractivity contribution in [2.45, 2.75) is 174 Å². The number of allylic oxidation sites excluding steroid dienone is 10. The average molecular weight is 766 g/mol. The highest BCUT2D eigenvalue weighted by Crippen LogP contribution is 2.43. The smallest absolute Gasteiger partial charge is 0.462 e. The lowest BCUT2D eigenvalue weighted by Gasteiger charge is -2.19. The van der Waals surface area contributed by atoms with E-state index in [4.69, 9.17) is 24.3 Å². The number of rotatable bonds is 38. The largest absolute Gasteiger partial charge is 0.472 e. The van der Waals surface area contributed by atoms with Crippen molar-refractivity contribution in [1.29, 1.82) is 0 Å². The van der Waals surface area contributed by atoms with E-state index >= 15 is 0 Å². The molecule has 0 rings (SSSR count). The summed E-state index contributed by atoms with van der Waals surface area (Å²) in [4.78, 5) is 34.7. The monoisotopic (exact) mass is 766 g/mol. The number of hydrogen-bond acceptors (Lipinski definition) is 8. The van der Waals surface area contributed by atoms with Crippen molar-refractivity contribution in [1.82, 2.24) is 0 Å². The molecule has 0 heterocycles. The Balaban J connectivity index is 4.35. The van der Waals surface area contributed by atoms with Crippen molar-refractivity contribution in [3.8, 4) is 0 Å². The zero-order chi connectivity index (χ0) is 38.9. The van der Waals surface area contributed by atoms with Gasteiger partial charge in [-0.3, -0.25) is 18.6 Å². The molecule has 0 bridgehead atoms. The summed E-state index contributed by atoms with van der Waals surface area (Å²) < 4.78 is 32.6. The molecule has 0 radical (unpaired) electrons. The molecular formula is C43H76NO8P. The minimum absolute atomic E-state index is 0.0369. The first-order chi connectivity index (χ1) is 25.8. The van der Waals surface area contributed by atoms with Crippen LogP contribution in [-0.4, -0.2) is 49.3 Å². The number of esters is 2. The Bertz CT molecular complexity index is 1050. The first-order valence-corrected chi connectivity index (χ1v) is 22.3. The summed E-state index contributed by atoms with van der Waals surface area (Å²) >= 11 is 0. The molecule has 0 aromatic rings. The zero-order valence-electron chi connectivity index (χ0n) is 33.5. The summed E-state index contributed by atoms with van der Waals surface area (Å²) in [5.74, 6) is -0.982. The number of hydrogen-bond donors (Lipinski definition) is 2. The minimum atomic E-state index is -4.40. The molecule has 9 nitrogen and oxygen atoms in total.